The quantitative estimate of drug-likeness (QED) is 0.783. The molecule has 25 heavy (non-hydrogen) atoms. The smallest absolute Gasteiger partial charge is 0.349 e. The van der Waals surface area contributed by atoms with E-state index in [-0.39, 0.29) is 5.91 Å². The number of nitrogens with zero attached hydrogens (tertiary/aromatic N) is 1. The van der Waals surface area contributed by atoms with Crippen molar-refractivity contribution in [3.63, 3.8) is 0 Å². The molecule has 1 aromatic heterocycles. The number of carbonyl (C=O) groups is 2. The summed E-state index contributed by atoms with van der Waals surface area (Å²) in [6, 6.07) is 10.0. The predicted octanol–water partition coefficient (Wildman–Crippen LogP) is 3.75. The molecule has 1 aliphatic heterocycles. The number of rotatable bonds is 4. The van der Waals surface area contributed by atoms with E-state index in [0.29, 0.717) is 18.0 Å². The molecule has 1 unspecified atom stereocenters. The Morgan fingerprint density at radius 2 is 2.00 bits per heavy atom. The summed E-state index contributed by atoms with van der Waals surface area (Å²) in [5.41, 5.74) is 3.61. The molecular formula is C20H23NO3S. The molecule has 0 saturated carbocycles. The molecule has 0 fully saturated rings. The summed E-state index contributed by atoms with van der Waals surface area (Å²) >= 11 is 1.43. The second kappa shape index (κ2) is 7.40. The molecule has 0 saturated heterocycles. The van der Waals surface area contributed by atoms with Crippen molar-refractivity contribution in [2.45, 2.75) is 46.3 Å². The maximum absolute atomic E-state index is 12.7. The summed E-state index contributed by atoms with van der Waals surface area (Å²) in [4.78, 5) is 28.5. The molecule has 0 spiro atoms. The molecule has 2 heterocycles. The second-order valence-electron chi connectivity index (χ2n) is 6.37. The Labute approximate surface area is 152 Å². The average Bonchev–Trinajstić information content (AvgIpc) is 3.01. The van der Waals surface area contributed by atoms with E-state index in [2.05, 4.69) is 13.0 Å². The van der Waals surface area contributed by atoms with Crippen molar-refractivity contribution in [3.05, 3.63) is 56.8 Å². The van der Waals surface area contributed by atoms with Crippen molar-refractivity contribution in [3.8, 4) is 0 Å². The normalized spacial score (nSPS) is 14.8. The van der Waals surface area contributed by atoms with E-state index in [1.165, 1.54) is 22.5 Å². The van der Waals surface area contributed by atoms with Gasteiger partial charge in [-0.1, -0.05) is 31.2 Å². The van der Waals surface area contributed by atoms with Crippen LogP contribution in [-0.2, 0) is 28.9 Å². The molecule has 1 aromatic carbocycles. The van der Waals surface area contributed by atoms with Gasteiger partial charge in [0.05, 0.1) is 0 Å². The van der Waals surface area contributed by atoms with Gasteiger partial charge in [-0.15, -0.1) is 11.3 Å². The number of thiophene rings is 1. The highest BCUT2D eigenvalue weighted by molar-refractivity contribution is 7.14. The van der Waals surface area contributed by atoms with Crippen molar-refractivity contribution in [2.75, 3.05) is 6.54 Å². The number of amides is 1. The van der Waals surface area contributed by atoms with Crippen LogP contribution >= 0.6 is 11.3 Å². The number of fused-ring (bicyclic) bond motifs is 1. The van der Waals surface area contributed by atoms with Crippen LogP contribution in [0.25, 0.3) is 0 Å². The fourth-order valence-corrected chi connectivity index (χ4v) is 4.18. The first-order chi connectivity index (χ1) is 12.0. The minimum Gasteiger partial charge on any atom is -0.448 e. The standard InChI is InChI=1S/C20H23NO3S/c1-4-15-11-18(25-14(15)3)20(23)24-13(2)19(22)21-10-9-16-7-5-6-8-17(16)12-21/h5-8,11,13H,4,9-10,12H2,1-3H3. The van der Waals surface area contributed by atoms with Crippen LogP contribution in [0.3, 0.4) is 0 Å². The number of esters is 1. The summed E-state index contributed by atoms with van der Waals surface area (Å²) in [5, 5.41) is 0. The predicted molar refractivity (Wildman–Crippen MR) is 98.9 cm³/mol. The first-order valence-electron chi connectivity index (χ1n) is 8.65. The molecule has 132 valence electrons. The Hall–Kier alpha value is -2.14. The lowest BCUT2D eigenvalue weighted by Gasteiger charge is -2.30. The minimum absolute atomic E-state index is 0.133. The zero-order chi connectivity index (χ0) is 18.0. The van der Waals surface area contributed by atoms with Crippen LogP contribution in [0.5, 0.6) is 0 Å². The van der Waals surface area contributed by atoms with Crippen LogP contribution in [-0.4, -0.2) is 29.4 Å². The van der Waals surface area contributed by atoms with Gasteiger partial charge in [-0.25, -0.2) is 4.79 Å². The van der Waals surface area contributed by atoms with E-state index in [1.54, 1.807) is 11.8 Å². The summed E-state index contributed by atoms with van der Waals surface area (Å²) in [7, 11) is 0. The van der Waals surface area contributed by atoms with Gasteiger partial charge in [0.25, 0.3) is 5.91 Å². The van der Waals surface area contributed by atoms with Crippen LogP contribution in [0.4, 0.5) is 0 Å². The van der Waals surface area contributed by atoms with E-state index >= 15 is 0 Å². The van der Waals surface area contributed by atoms with Crippen LogP contribution in [0.2, 0.25) is 0 Å². The van der Waals surface area contributed by atoms with Gasteiger partial charge in [0.15, 0.2) is 6.10 Å². The highest BCUT2D eigenvalue weighted by atomic mass is 32.1. The van der Waals surface area contributed by atoms with Gasteiger partial charge in [-0.3, -0.25) is 4.79 Å². The number of aryl methyl sites for hydroxylation is 2. The molecule has 5 heteroatoms. The minimum atomic E-state index is -0.773. The Morgan fingerprint density at radius 1 is 1.28 bits per heavy atom. The summed E-state index contributed by atoms with van der Waals surface area (Å²) in [6.45, 7) is 6.96. The van der Waals surface area contributed by atoms with E-state index in [0.717, 1.165) is 23.3 Å². The number of benzene rings is 1. The number of carbonyl (C=O) groups excluding carboxylic acids is 2. The first kappa shape index (κ1) is 17.7. The van der Waals surface area contributed by atoms with Gasteiger partial charge in [-0.2, -0.15) is 0 Å². The lowest BCUT2D eigenvalue weighted by Crippen LogP contribution is -2.42. The monoisotopic (exact) mass is 357 g/mol. The molecule has 1 amide bonds. The van der Waals surface area contributed by atoms with Crippen molar-refractivity contribution < 1.29 is 14.3 Å². The zero-order valence-electron chi connectivity index (χ0n) is 14.9. The second-order valence-corrected chi connectivity index (χ2v) is 7.63. The molecule has 3 rings (SSSR count). The molecule has 0 N–H and O–H groups in total. The van der Waals surface area contributed by atoms with Gasteiger partial charge in [0.1, 0.15) is 4.88 Å². The van der Waals surface area contributed by atoms with Crippen LogP contribution in [0, 0.1) is 6.92 Å². The van der Waals surface area contributed by atoms with Crippen molar-refractivity contribution in [1.82, 2.24) is 4.90 Å². The van der Waals surface area contributed by atoms with E-state index in [4.69, 9.17) is 4.74 Å². The third kappa shape index (κ3) is 3.76. The molecule has 4 nitrogen and oxygen atoms in total. The van der Waals surface area contributed by atoms with Gasteiger partial charge in [0, 0.05) is 18.0 Å². The van der Waals surface area contributed by atoms with Gasteiger partial charge < -0.3 is 9.64 Å². The van der Waals surface area contributed by atoms with E-state index < -0.39 is 12.1 Å². The zero-order valence-corrected chi connectivity index (χ0v) is 15.7. The Morgan fingerprint density at radius 3 is 2.68 bits per heavy atom. The third-order valence-electron chi connectivity index (χ3n) is 4.68. The van der Waals surface area contributed by atoms with Crippen LogP contribution < -0.4 is 0 Å². The van der Waals surface area contributed by atoms with Crippen LogP contribution in [0.15, 0.2) is 30.3 Å². The Bertz CT molecular complexity index is 796. The van der Waals surface area contributed by atoms with Gasteiger partial charge in [-0.05, 0) is 49.4 Å². The topological polar surface area (TPSA) is 46.6 Å². The molecule has 0 bridgehead atoms. The molecule has 1 atom stereocenters. The molecule has 2 aromatic rings. The van der Waals surface area contributed by atoms with Crippen molar-refractivity contribution >= 4 is 23.2 Å². The maximum atomic E-state index is 12.7. The average molecular weight is 357 g/mol. The summed E-state index contributed by atoms with van der Waals surface area (Å²) < 4.78 is 5.43. The van der Waals surface area contributed by atoms with Crippen LogP contribution in [0.1, 0.15) is 45.1 Å². The largest absolute Gasteiger partial charge is 0.448 e. The molecule has 0 aliphatic carbocycles. The summed E-state index contributed by atoms with van der Waals surface area (Å²) in [5.74, 6) is -0.544. The molecule has 0 radical (unpaired) electrons. The number of ether oxygens (including phenoxy) is 1. The fraction of sp³-hybridized carbons (Fsp3) is 0.400. The maximum Gasteiger partial charge on any atom is 0.349 e. The van der Waals surface area contributed by atoms with Gasteiger partial charge in [0.2, 0.25) is 0 Å². The molecular weight excluding hydrogens is 334 g/mol. The SMILES string of the molecule is CCc1cc(C(=O)OC(C)C(=O)N2CCc3ccccc3C2)sc1C. The highest BCUT2D eigenvalue weighted by Gasteiger charge is 2.27. The van der Waals surface area contributed by atoms with E-state index in [1.807, 2.05) is 31.2 Å². The van der Waals surface area contributed by atoms with Gasteiger partial charge >= 0.3 is 5.97 Å². The lowest BCUT2D eigenvalue weighted by molar-refractivity contribution is -0.140. The summed E-state index contributed by atoms with van der Waals surface area (Å²) in [6.07, 6.45) is 0.953. The number of hydrogen-bond donors (Lipinski definition) is 0. The first-order valence-corrected chi connectivity index (χ1v) is 9.47. The Balaban J connectivity index is 1.64. The third-order valence-corrected chi connectivity index (χ3v) is 5.75. The lowest BCUT2D eigenvalue weighted by atomic mass is 9.99. The Kier molecular flexibility index (Phi) is 5.23. The number of hydrogen-bond acceptors (Lipinski definition) is 4. The van der Waals surface area contributed by atoms with Crippen molar-refractivity contribution in [2.24, 2.45) is 0 Å². The van der Waals surface area contributed by atoms with E-state index in [9.17, 15) is 9.59 Å². The highest BCUT2D eigenvalue weighted by Crippen LogP contribution is 2.24. The van der Waals surface area contributed by atoms with Crippen molar-refractivity contribution in [1.29, 1.82) is 0 Å². The molecule has 1 aliphatic rings. The fourth-order valence-electron chi connectivity index (χ4n) is 3.18.